The van der Waals surface area contributed by atoms with Gasteiger partial charge in [0, 0.05) is 15.8 Å². The van der Waals surface area contributed by atoms with Crippen molar-refractivity contribution in [2.75, 3.05) is 5.32 Å². The van der Waals surface area contributed by atoms with Gasteiger partial charge in [0.05, 0.1) is 5.02 Å². The van der Waals surface area contributed by atoms with E-state index in [1.165, 1.54) is 9.64 Å². The fraction of sp³-hybridized carbons (Fsp3) is 0.0769. The lowest BCUT2D eigenvalue weighted by atomic mass is 10.2. The maximum atomic E-state index is 13.2. The molecule has 0 saturated heterocycles. The molecule has 0 bridgehead atoms. The predicted molar refractivity (Wildman–Crippen MR) is 77.9 cm³/mol. The van der Waals surface area contributed by atoms with Crippen LogP contribution in [0, 0.1) is 9.39 Å². The second kappa shape index (κ2) is 5.69. The van der Waals surface area contributed by atoms with Crippen LogP contribution < -0.4 is 5.32 Å². The Morgan fingerprint density at radius 3 is 2.47 bits per heavy atom. The van der Waals surface area contributed by atoms with Crippen LogP contribution in [0.2, 0.25) is 5.02 Å². The van der Waals surface area contributed by atoms with Crippen LogP contribution in [0.25, 0.3) is 0 Å². The molecule has 0 spiro atoms. The highest BCUT2D eigenvalue weighted by Gasteiger charge is 2.00. The van der Waals surface area contributed by atoms with E-state index in [-0.39, 0.29) is 10.8 Å². The van der Waals surface area contributed by atoms with Gasteiger partial charge in [0.15, 0.2) is 0 Å². The molecule has 0 heterocycles. The monoisotopic (exact) mass is 361 g/mol. The van der Waals surface area contributed by atoms with Crippen molar-refractivity contribution in [2.45, 2.75) is 6.54 Å². The highest BCUT2D eigenvalue weighted by atomic mass is 127. The second-order valence-electron chi connectivity index (χ2n) is 3.61. The molecule has 2 rings (SSSR count). The number of hydrogen-bond donors (Lipinski definition) is 1. The molecule has 0 aromatic heterocycles. The minimum atomic E-state index is -0.381. The molecule has 0 aliphatic rings. The lowest BCUT2D eigenvalue weighted by molar-refractivity contribution is 0.626. The molecule has 0 fully saturated rings. The van der Waals surface area contributed by atoms with Gasteiger partial charge >= 0.3 is 0 Å². The van der Waals surface area contributed by atoms with Gasteiger partial charge in [-0.3, -0.25) is 0 Å². The summed E-state index contributed by atoms with van der Waals surface area (Å²) in [7, 11) is 0. The summed E-state index contributed by atoms with van der Waals surface area (Å²) in [6, 6.07) is 12.9. The molecular formula is C13H10ClFIN. The van der Waals surface area contributed by atoms with E-state index in [9.17, 15) is 4.39 Å². The van der Waals surface area contributed by atoms with E-state index in [4.69, 9.17) is 11.6 Å². The average molecular weight is 362 g/mol. The van der Waals surface area contributed by atoms with Crippen molar-refractivity contribution in [3.63, 3.8) is 0 Å². The Balaban J connectivity index is 2.02. The lowest BCUT2D eigenvalue weighted by Crippen LogP contribution is -1.99. The Bertz CT molecular complexity index is 513. The number of benzene rings is 2. The number of halogens is 3. The maximum Gasteiger partial charge on any atom is 0.142 e. The molecule has 4 heteroatoms. The van der Waals surface area contributed by atoms with E-state index >= 15 is 0 Å². The van der Waals surface area contributed by atoms with Gasteiger partial charge in [0.2, 0.25) is 0 Å². The third-order valence-electron chi connectivity index (χ3n) is 2.32. The second-order valence-corrected chi connectivity index (χ2v) is 5.26. The van der Waals surface area contributed by atoms with Gasteiger partial charge in [0.25, 0.3) is 0 Å². The summed E-state index contributed by atoms with van der Waals surface area (Å²) in [6.07, 6.45) is 0. The standard InChI is InChI=1S/C13H10ClFIN/c14-12-6-1-9(7-13(12)15)8-17-11-4-2-10(16)3-5-11/h1-7,17H,8H2. The van der Waals surface area contributed by atoms with E-state index < -0.39 is 0 Å². The van der Waals surface area contributed by atoms with Crippen LogP contribution in [0.1, 0.15) is 5.56 Å². The normalized spacial score (nSPS) is 10.3. The number of nitrogens with one attached hydrogen (secondary N) is 1. The minimum absolute atomic E-state index is 0.156. The molecule has 0 unspecified atom stereocenters. The van der Waals surface area contributed by atoms with Crippen LogP contribution in [0.15, 0.2) is 42.5 Å². The Labute approximate surface area is 118 Å². The van der Waals surface area contributed by atoms with E-state index in [0.717, 1.165) is 11.3 Å². The largest absolute Gasteiger partial charge is 0.381 e. The van der Waals surface area contributed by atoms with Crippen molar-refractivity contribution in [3.05, 3.63) is 62.4 Å². The van der Waals surface area contributed by atoms with Crippen LogP contribution >= 0.6 is 34.2 Å². The van der Waals surface area contributed by atoms with Crippen molar-refractivity contribution >= 4 is 39.9 Å². The van der Waals surface area contributed by atoms with Crippen LogP contribution in [0.4, 0.5) is 10.1 Å². The first-order valence-electron chi connectivity index (χ1n) is 5.08. The van der Waals surface area contributed by atoms with E-state index in [0.29, 0.717) is 6.54 Å². The van der Waals surface area contributed by atoms with Crippen LogP contribution in [-0.4, -0.2) is 0 Å². The third-order valence-corrected chi connectivity index (χ3v) is 3.35. The van der Waals surface area contributed by atoms with Crippen molar-refractivity contribution in [1.29, 1.82) is 0 Å². The predicted octanol–water partition coefficient (Wildman–Crippen LogP) is 4.70. The van der Waals surface area contributed by atoms with E-state index in [1.807, 2.05) is 30.3 Å². The quantitative estimate of drug-likeness (QED) is 0.782. The van der Waals surface area contributed by atoms with Gasteiger partial charge in [-0.05, 0) is 64.6 Å². The molecule has 0 aliphatic heterocycles. The SMILES string of the molecule is Fc1cc(CNc2ccc(I)cc2)ccc1Cl. The molecule has 1 nitrogen and oxygen atoms in total. The van der Waals surface area contributed by atoms with Crippen molar-refractivity contribution in [2.24, 2.45) is 0 Å². The zero-order chi connectivity index (χ0) is 12.3. The Morgan fingerprint density at radius 1 is 1.12 bits per heavy atom. The molecule has 0 saturated carbocycles. The molecular weight excluding hydrogens is 352 g/mol. The summed E-state index contributed by atoms with van der Waals surface area (Å²) >= 11 is 7.87. The highest BCUT2D eigenvalue weighted by molar-refractivity contribution is 14.1. The first kappa shape index (κ1) is 12.6. The average Bonchev–Trinajstić information content (AvgIpc) is 2.33. The summed E-state index contributed by atoms with van der Waals surface area (Å²) in [5, 5.41) is 3.38. The lowest BCUT2D eigenvalue weighted by Gasteiger charge is -2.07. The zero-order valence-electron chi connectivity index (χ0n) is 8.88. The van der Waals surface area contributed by atoms with Crippen molar-refractivity contribution in [1.82, 2.24) is 0 Å². The smallest absolute Gasteiger partial charge is 0.142 e. The van der Waals surface area contributed by atoms with Crippen LogP contribution in [0.5, 0.6) is 0 Å². The van der Waals surface area contributed by atoms with E-state index in [1.54, 1.807) is 6.07 Å². The van der Waals surface area contributed by atoms with Crippen LogP contribution in [-0.2, 0) is 6.54 Å². The topological polar surface area (TPSA) is 12.0 Å². The summed E-state index contributed by atoms with van der Waals surface area (Å²) in [5.41, 5.74) is 1.88. The first-order valence-corrected chi connectivity index (χ1v) is 6.54. The van der Waals surface area contributed by atoms with Gasteiger partial charge in [-0.15, -0.1) is 0 Å². The molecule has 0 amide bonds. The summed E-state index contributed by atoms with van der Waals surface area (Å²) < 4.78 is 14.4. The summed E-state index contributed by atoms with van der Waals surface area (Å²) in [6.45, 7) is 0.578. The molecule has 1 N–H and O–H groups in total. The number of anilines is 1. The highest BCUT2D eigenvalue weighted by Crippen LogP contribution is 2.17. The molecule has 2 aromatic rings. The Morgan fingerprint density at radius 2 is 1.82 bits per heavy atom. The van der Waals surface area contributed by atoms with Crippen molar-refractivity contribution in [3.8, 4) is 0 Å². The minimum Gasteiger partial charge on any atom is -0.381 e. The third kappa shape index (κ3) is 3.57. The molecule has 17 heavy (non-hydrogen) atoms. The Kier molecular flexibility index (Phi) is 4.23. The van der Waals surface area contributed by atoms with Crippen LogP contribution in [0.3, 0.4) is 0 Å². The van der Waals surface area contributed by atoms with E-state index in [2.05, 4.69) is 27.9 Å². The number of rotatable bonds is 3. The van der Waals surface area contributed by atoms with Gasteiger partial charge in [-0.2, -0.15) is 0 Å². The summed E-state index contributed by atoms with van der Waals surface area (Å²) in [5.74, 6) is -0.381. The fourth-order valence-corrected chi connectivity index (χ4v) is 1.90. The van der Waals surface area contributed by atoms with Gasteiger partial charge in [0.1, 0.15) is 5.82 Å². The molecule has 0 atom stereocenters. The molecule has 0 aliphatic carbocycles. The van der Waals surface area contributed by atoms with Gasteiger partial charge in [-0.25, -0.2) is 4.39 Å². The number of hydrogen-bond acceptors (Lipinski definition) is 1. The first-order chi connectivity index (χ1) is 8.15. The Hall–Kier alpha value is -0.810. The molecule has 0 radical (unpaired) electrons. The maximum absolute atomic E-state index is 13.2. The van der Waals surface area contributed by atoms with Gasteiger partial charge < -0.3 is 5.32 Å². The molecule has 2 aromatic carbocycles. The van der Waals surface area contributed by atoms with Crippen molar-refractivity contribution < 1.29 is 4.39 Å². The fourth-order valence-electron chi connectivity index (χ4n) is 1.42. The van der Waals surface area contributed by atoms with Gasteiger partial charge in [-0.1, -0.05) is 17.7 Å². The summed E-state index contributed by atoms with van der Waals surface area (Å²) in [4.78, 5) is 0. The zero-order valence-corrected chi connectivity index (χ0v) is 11.8. The molecule has 88 valence electrons.